The summed E-state index contributed by atoms with van der Waals surface area (Å²) in [5.74, 6) is 0.724. The Morgan fingerprint density at radius 2 is 2.14 bits per heavy atom. The molecule has 0 radical (unpaired) electrons. The molecule has 1 amide bonds. The summed E-state index contributed by atoms with van der Waals surface area (Å²) < 4.78 is 25.8. The zero-order chi connectivity index (χ0) is 24.4. The molecule has 4 N–H and O–H groups in total. The van der Waals surface area contributed by atoms with Crippen molar-refractivity contribution in [1.29, 1.82) is 0 Å². The Kier molecular flexibility index (Phi) is 7.04. The number of carbonyl (C=O) groups is 1. The highest BCUT2D eigenvalue weighted by Gasteiger charge is 2.29. The third-order valence-electron chi connectivity index (χ3n) is 6.18. The largest absolute Gasteiger partial charge is 0.480 e. The number of thioether (sulfide) groups is 1. The van der Waals surface area contributed by atoms with E-state index >= 15 is 0 Å². The van der Waals surface area contributed by atoms with Gasteiger partial charge in [-0.25, -0.2) is 24.3 Å². The van der Waals surface area contributed by atoms with Crippen LogP contribution in [0.15, 0.2) is 29.6 Å². The molecule has 3 heterocycles. The van der Waals surface area contributed by atoms with Gasteiger partial charge in [-0.1, -0.05) is 11.8 Å². The summed E-state index contributed by atoms with van der Waals surface area (Å²) >= 11 is 1.38. The Morgan fingerprint density at radius 1 is 1.26 bits per heavy atom. The van der Waals surface area contributed by atoms with Crippen molar-refractivity contribution in [2.75, 3.05) is 18.2 Å². The van der Waals surface area contributed by atoms with Crippen LogP contribution >= 0.6 is 11.8 Å². The van der Waals surface area contributed by atoms with Crippen LogP contribution in [0.1, 0.15) is 30.5 Å². The first-order valence-electron chi connectivity index (χ1n) is 11.4. The third-order valence-corrected chi connectivity index (χ3v) is 7.16. The maximum absolute atomic E-state index is 14.6. The van der Waals surface area contributed by atoms with Crippen LogP contribution in [-0.2, 0) is 22.7 Å². The van der Waals surface area contributed by atoms with E-state index in [0.717, 1.165) is 23.6 Å². The minimum absolute atomic E-state index is 0.0515. The zero-order valence-corrected chi connectivity index (χ0v) is 20.0. The number of anilines is 1. The van der Waals surface area contributed by atoms with E-state index in [4.69, 9.17) is 15.2 Å². The molecule has 0 bridgehead atoms. The summed E-state index contributed by atoms with van der Waals surface area (Å²) in [4.78, 5) is 29.1. The van der Waals surface area contributed by atoms with Crippen LogP contribution in [0.25, 0.3) is 11.0 Å². The van der Waals surface area contributed by atoms with E-state index in [1.54, 1.807) is 12.3 Å². The molecule has 1 fully saturated rings. The molecule has 0 saturated heterocycles. The molecular weight excluding hydrogens is 473 g/mol. The number of hydrogen-bond donors (Lipinski definition) is 3. The van der Waals surface area contributed by atoms with Gasteiger partial charge in [0.25, 0.3) is 0 Å². The van der Waals surface area contributed by atoms with E-state index in [-0.39, 0.29) is 30.7 Å². The fourth-order valence-electron chi connectivity index (χ4n) is 4.33. The van der Waals surface area contributed by atoms with Crippen LogP contribution in [0.4, 0.5) is 10.2 Å². The van der Waals surface area contributed by atoms with E-state index in [2.05, 4.69) is 30.6 Å². The first-order chi connectivity index (χ1) is 17.0. The van der Waals surface area contributed by atoms with Crippen LogP contribution in [0.5, 0.6) is 5.88 Å². The minimum atomic E-state index is -0.398. The van der Waals surface area contributed by atoms with E-state index in [1.807, 2.05) is 0 Å². The van der Waals surface area contributed by atoms with E-state index in [1.165, 1.54) is 31.1 Å². The molecule has 35 heavy (non-hydrogen) atoms. The van der Waals surface area contributed by atoms with Crippen molar-refractivity contribution in [2.45, 2.75) is 55.6 Å². The smallest absolute Gasteiger partial charge is 0.236 e. The molecule has 1 aromatic carbocycles. The molecule has 2 aromatic heterocycles. The van der Waals surface area contributed by atoms with Gasteiger partial charge in [0, 0.05) is 24.2 Å². The monoisotopic (exact) mass is 499 g/mol. The van der Waals surface area contributed by atoms with Gasteiger partial charge in [-0.3, -0.25) is 4.79 Å². The molecule has 3 atom stereocenters. The summed E-state index contributed by atoms with van der Waals surface area (Å²) in [5, 5.41) is 6.97. The lowest BCUT2D eigenvalue weighted by atomic mass is 9.89. The molecule has 1 aliphatic carbocycles. The number of carbonyl (C=O) groups excluding carboxylic acids is 1. The number of halogens is 1. The number of ether oxygens (including phenoxy) is 2. The van der Waals surface area contributed by atoms with Crippen LogP contribution in [0.2, 0.25) is 0 Å². The molecule has 184 valence electrons. The normalized spacial score (nSPS) is 22.0. The van der Waals surface area contributed by atoms with Crippen molar-refractivity contribution in [3.63, 3.8) is 0 Å². The van der Waals surface area contributed by atoms with Gasteiger partial charge in [0.2, 0.25) is 11.8 Å². The quantitative estimate of drug-likeness (QED) is 0.443. The molecule has 1 saturated carbocycles. The summed E-state index contributed by atoms with van der Waals surface area (Å²) in [6, 6.07) is 2.95. The van der Waals surface area contributed by atoms with Crippen LogP contribution in [0.3, 0.4) is 0 Å². The van der Waals surface area contributed by atoms with Gasteiger partial charge < -0.3 is 25.8 Å². The van der Waals surface area contributed by atoms with E-state index < -0.39 is 5.82 Å². The van der Waals surface area contributed by atoms with Gasteiger partial charge in [0.05, 0.1) is 49.2 Å². The Morgan fingerprint density at radius 3 is 2.97 bits per heavy atom. The second-order valence-corrected chi connectivity index (χ2v) is 9.53. The molecule has 2 aliphatic rings. The van der Waals surface area contributed by atoms with Crippen molar-refractivity contribution in [3.05, 3.63) is 41.6 Å². The maximum Gasteiger partial charge on any atom is 0.236 e. The van der Waals surface area contributed by atoms with Crippen molar-refractivity contribution in [2.24, 2.45) is 5.73 Å². The van der Waals surface area contributed by atoms with Gasteiger partial charge in [-0.05, 0) is 31.4 Å². The molecule has 3 aromatic rings. The Hall–Kier alpha value is -2.93. The number of nitrogens with two attached hydrogens (primary N) is 1. The average molecular weight is 500 g/mol. The second kappa shape index (κ2) is 10.4. The van der Waals surface area contributed by atoms with Gasteiger partial charge in [0.1, 0.15) is 16.4 Å². The van der Waals surface area contributed by atoms with Crippen molar-refractivity contribution in [1.82, 2.24) is 25.3 Å². The van der Waals surface area contributed by atoms with Crippen molar-refractivity contribution in [3.8, 4) is 5.88 Å². The Bertz CT molecular complexity index is 1250. The van der Waals surface area contributed by atoms with Gasteiger partial charge in [0.15, 0.2) is 5.82 Å². The highest BCUT2D eigenvalue weighted by Crippen LogP contribution is 2.28. The van der Waals surface area contributed by atoms with Gasteiger partial charge >= 0.3 is 0 Å². The molecule has 1 aliphatic heterocycles. The third kappa shape index (κ3) is 5.35. The molecule has 5 rings (SSSR count). The lowest BCUT2D eigenvalue weighted by Crippen LogP contribution is -2.47. The number of nitrogens with zero attached hydrogens (tertiary/aromatic N) is 4. The Balaban J connectivity index is 1.16. The first kappa shape index (κ1) is 23.8. The summed E-state index contributed by atoms with van der Waals surface area (Å²) in [7, 11) is 1.49. The number of rotatable bonds is 7. The summed E-state index contributed by atoms with van der Waals surface area (Å²) in [6.45, 7) is 0.571. The number of methoxy groups -OCH3 is 1. The number of benzene rings is 1. The predicted molar refractivity (Wildman–Crippen MR) is 128 cm³/mol. The first-order valence-corrected chi connectivity index (χ1v) is 12.4. The topological polar surface area (TPSA) is 137 Å². The minimum Gasteiger partial charge on any atom is -0.480 e. The van der Waals surface area contributed by atoms with Crippen molar-refractivity contribution < 1.29 is 18.7 Å². The lowest BCUT2D eigenvalue weighted by Gasteiger charge is -2.34. The molecule has 0 spiro atoms. The van der Waals surface area contributed by atoms with Gasteiger partial charge in [-0.15, -0.1) is 0 Å². The van der Waals surface area contributed by atoms with E-state index in [9.17, 15) is 9.18 Å². The van der Waals surface area contributed by atoms with Gasteiger partial charge in [-0.2, -0.15) is 0 Å². The molecule has 12 heteroatoms. The standard InChI is InChI=1S/C23H26FN7O3S/c1-33-20-9-27-17-4-3-15(24)14(21(17)31-20)10-34-18-5-2-12(6-16(18)25)26-7-13-8-28-23-22(29-13)30-19(32)11-35-23/h3-4,8-9,12,16,18,26H,2,5-7,10-11,25H2,1H3,(H,29,30,32)/t12-,16+,18-/m1/s1. The van der Waals surface area contributed by atoms with E-state index in [0.29, 0.717) is 47.0 Å². The SMILES string of the molecule is COc1cnc2ccc(F)c(CO[C@@H]3CC[C@@H](NCc4cnc5c(n4)NC(=O)CS5)C[C@@H]3N)c2n1. The highest BCUT2D eigenvalue weighted by molar-refractivity contribution is 8.00. The maximum atomic E-state index is 14.6. The fraction of sp³-hybridized carbons (Fsp3) is 0.435. The van der Waals surface area contributed by atoms with Crippen LogP contribution < -0.4 is 21.1 Å². The summed E-state index contributed by atoms with van der Waals surface area (Å²) in [5.41, 5.74) is 8.52. The number of amides is 1. The number of hydrogen-bond acceptors (Lipinski definition) is 10. The number of nitrogens with one attached hydrogen (secondary N) is 2. The van der Waals surface area contributed by atoms with Crippen LogP contribution in [-0.4, -0.2) is 56.9 Å². The number of aromatic nitrogens is 4. The number of fused-ring (bicyclic) bond motifs is 2. The molecular formula is C23H26FN7O3S. The lowest BCUT2D eigenvalue weighted by molar-refractivity contribution is -0.113. The fourth-order valence-corrected chi connectivity index (χ4v) is 5.03. The second-order valence-electron chi connectivity index (χ2n) is 8.56. The van der Waals surface area contributed by atoms with Crippen LogP contribution in [0, 0.1) is 5.82 Å². The molecule has 10 nitrogen and oxygen atoms in total. The highest BCUT2D eigenvalue weighted by atomic mass is 32.2. The Labute approximate surface area is 205 Å². The molecule has 0 unspecified atom stereocenters. The predicted octanol–water partition coefficient (Wildman–Crippen LogP) is 2.17. The zero-order valence-electron chi connectivity index (χ0n) is 19.2. The summed E-state index contributed by atoms with van der Waals surface area (Å²) in [6.07, 6.45) is 5.33. The average Bonchev–Trinajstić information content (AvgIpc) is 2.87. The van der Waals surface area contributed by atoms with Crippen molar-refractivity contribution >= 4 is 34.5 Å².